The minimum Gasteiger partial charge on any atom is -0.497 e. The zero-order chi connectivity index (χ0) is 15.8. The number of unbranched alkanes of at least 4 members (excludes halogenated alkanes) is 1. The predicted octanol–water partition coefficient (Wildman–Crippen LogP) is 2.13. The molecule has 1 fully saturated rings. The highest BCUT2D eigenvalue weighted by molar-refractivity contribution is 5.40. The van der Waals surface area contributed by atoms with E-state index < -0.39 is 0 Å². The molecule has 0 aromatic heterocycles. The normalized spacial score (nSPS) is 16.2. The molecule has 0 amide bonds. The molecule has 0 spiro atoms. The first-order valence-electron chi connectivity index (χ1n) is 7.79. The van der Waals surface area contributed by atoms with Crippen molar-refractivity contribution in [2.75, 3.05) is 46.9 Å². The van der Waals surface area contributed by atoms with E-state index in [1.54, 1.807) is 14.2 Å². The molecule has 1 aromatic rings. The average Bonchev–Trinajstić information content (AvgIpc) is 2.56. The van der Waals surface area contributed by atoms with Gasteiger partial charge >= 0.3 is 0 Å². The second-order valence-electron chi connectivity index (χ2n) is 5.56. The van der Waals surface area contributed by atoms with Gasteiger partial charge in [-0.25, -0.2) is 0 Å². The second-order valence-corrected chi connectivity index (χ2v) is 5.56. The summed E-state index contributed by atoms with van der Waals surface area (Å²) in [6, 6.07) is 8.15. The Labute approximate surface area is 133 Å². The highest BCUT2D eigenvalue weighted by Gasteiger charge is 2.18. The Balaban J connectivity index is 1.86. The number of rotatable bonds is 7. The standard InChI is InChI=1S/C17H25N3O2/c1-21-16-5-6-17(22-2)15(13-16)14-20-11-9-19(10-12-20)8-4-3-7-18/h5-6,13H,3-4,8-12,14H2,1-2H3. The van der Waals surface area contributed by atoms with Gasteiger partial charge in [0.05, 0.1) is 20.3 Å². The number of methoxy groups -OCH3 is 2. The van der Waals surface area contributed by atoms with Gasteiger partial charge in [-0.05, 0) is 31.2 Å². The molecule has 5 heteroatoms. The van der Waals surface area contributed by atoms with Gasteiger partial charge in [0, 0.05) is 44.7 Å². The minimum atomic E-state index is 0.654. The fourth-order valence-electron chi connectivity index (χ4n) is 2.80. The topological polar surface area (TPSA) is 48.7 Å². The monoisotopic (exact) mass is 303 g/mol. The predicted molar refractivity (Wildman–Crippen MR) is 86.1 cm³/mol. The van der Waals surface area contributed by atoms with Gasteiger partial charge in [0.15, 0.2) is 0 Å². The summed E-state index contributed by atoms with van der Waals surface area (Å²) in [5, 5.41) is 8.60. The fraction of sp³-hybridized carbons (Fsp3) is 0.588. The number of nitrogens with zero attached hydrogens (tertiary/aromatic N) is 3. The molecular weight excluding hydrogens is 278 g/mol. The van der Waals surface area contributed by atoms with Crippen molar-refractivity contribution in [2.24, 2.45) is 0 Å². The van der Waals surface area contributed by atoms with Gasteiger partial charge in [0.2, 0.25) is 0 Å². The van der Waals surface area contributed by atoms with E-state index in [0.29, 0.717) is 6.42 Å². The van der Waals surface area contributed by atoms with Crippen LogP contribution in [0.5, 0.6) is 11.5 Å². The van der Waals surface area contributed by atoms with Gasteiger partial charge in [0.1, 0.15) is 11.5 Å². The summed E-state index contributed by atoms with van der Waals surface area (Å²) < 4.78 is 10.8. The lowest BCUT2D eigenvalue weighted by Crippen LogP contribution is -2.46. The van der Waals surface area contributed by atoms with Gasteiger partial charge in [-0.15, -0.1) is 0 Å². The molecule has 0 bridgehead atoms. The molecule has 0 aliphatic carbocycles. The van der Waals surface area contributed by atoms with Crippen LogP contribution in [0.4, 0.5) is 0 Å². The Hall–Kier alpha value is -1.77. The molecule has 1 heterocycles. The number of ether oxygens (including phenoxy) is 2. The summed E-state index contributed by atoms with van der Waals surface area (Å²) in [4.78, 5) is 4.88. The maximum absolute atomic E-state index is 8.60. The van der Waals surface area contributed by atoms with Crippen molar-refractivity contribution < 1.29 is 9.47 Å². The lowest BCUT2D eigenvalue weighted by Gasteiger charge is -2.34. The van der Waals surface area contributed by atoms with Gasteiger partial charge in [0.25, 0.3) is 0 Å². The molecule has 1 aliphatic heterocycles. The lowest BCUT2D eigenvalue weighted by atomic mass is 10.1. The fourth-order valence-corrected chi connectivity index (χ4v) is 2.80. The summed E-state index contributed by atoms with van der Waals surface area (Å²) in [6.07, 6.45) is 1.63. The highest BCUT2D eigenvalue weighted by Crippen LogP contribution is 2.25. The summed E-state index contributed by atoms with van der Waals surface area (Å²) in [6.45, 7) is 6.14. The maximum atomic E-state index is 8.60. The smallest absolute Gasteiger partial charge is 0.123 e. The van der Waals surface area contributed by atoms with E-state index in [9.17, 15) is 0 Å². The van der Waals surface area contributed by atoms with Crippen LogP contribution in [0.2, 0.25) is 0 Å². The number of hydrogen-bond acceptors (Lipinski definition) is 5. The lowest BCUT2D eigenvalue weighted by molar-refractivity contribution is 0.125. The molecule has 120 valence electrons. The van der Waals surface area contributed by atoms with Crippen LogP contribution in [0.1, 0.15) is 18.4 Å². The Morgan fingerprint density at radius 3 is 2.45 bits per heavy atom. The first-order valence-corrected chi connectivity index (χ1v) is 7.79. The van der Waals surface area contributed by atoms with E-state index in [0.717, 1.165) is 57.2 Å². The largest absolute Gasteiger partial charge is 0.497 e. The molecule has 5 nitrogen and oxygen atoms in total. The van der Waals surface area contributed by atoms with Gasteiger partial charge in [-0.1, -0.05) is 0 Å². The third-order valence-corrected chi connectivity index (χ3v) is 4.11. The van der Waals surface area contributed by atoms with Crippen LogP contribution in [-0.4, -0.2) is 56.7 Å². The number of piperazine rings is 1. The zero-order valence-corrected chi connectivity index (χ0v) is 13.5. The van der Waals surface area contributed by atoms with E-state index in [1.807, 2.05) is 12.1 Å². The summed E-state index contributed by atoms with van der Waals surface area (Å²) in [5.41, 5.74) is 1.17. The van der Waals surface area contributed by atoms with Crippen LogP contribution in [0.3, 0.4) is 0 Å². The van der Waals surface area contributed by atoms with Crippen LogP contribution >= 0.6 is 0 Å². The van der Waals surface area contributed by atoms with Crippen LogP contribution in [0.25, 0.3) is 0 Å². The van der Waals surface area contributed by atoms with Crippen LogP contribution in [0.15, 0.2) is 18.2 Å². The quantitative estimate of drug-likeness (QED) is 0.722. The Bertz CT molecular complexity index is 505. The van der Waals surface area contributed by atoms with Crippen molar-refractivity contribution in [3.8, 4) is 17.6 Å². The van der Waals surface area contributed by atoms with Crippen LogP contribution in [0, 0.1) is 11.3 Å². The van der Waals surface area contributed by atoms with Crippen molar-refractivity contribution >= 4 is 0 Å². The number of nitriles is 1. The van der Waals surface area contributed by atoms with Gasteiger partial charge < -0.3 is 14.4 Å². The van der Waals surface area contributed by atoms with Crippen LogP contribution < -0.4 is 9.47 Å². The van der Waals surface area contributed by atoms with Crippen molar-refractivity contribution in [1.82, 2.24) is 9.80 Å². The molecule has 1 aromatic carbocycles. The molecule has 0 unspecified atom stereocenters. The van der Waals surface area contributed by atoms with Crippen molar-refractivity contribution in [3.05, 3.63) is 23.8 Å². The maximum Gasteiger partial charge on any atom is 0.123 e. The molecule has 0 N–H and O–H groups in total. The van der Waals surface area contributed by atoms with Gasteiger partial charge in [-0.2, -0.15) is 5.26 Å². The average molecular weight is 303 g/mol. The first-order chi connectivity index (χ1) is 10.8. The number of benzene rings is 1. The summed E-state index contributed by atoms with van der Waals surface area (Å²) in [7, 11) is 3.39. The first kappa shape index (κ1) is 16.6. The molecule has 1 aliphatic rings. The van der Waals surface area contributed by atoms with E-state index in [2.05, 4.69) is 21.9 Å². The Morgan fingerprint density at radius 1 is 1.09 bits per heavy atom. The van der Waals surface area contributed by atoms with Crippen LogP contribution in [-0.2, 0) is 6.54 Å². The molecule has 2 rings (SSSR count). The van der Waals surface area contributed by atoms with Crippen molar-refractivity contribution in [2.45, 2.75) is 19.4 Å². The third kappa shape index (κ3) is 4.62. The zero-order valence-electron chi connectivity index (χ0n) is 13.5. The van der Waals surface area contributed by atoms with E-state index in [4.69, 9.17) is 14.7 Å². The molecule has 0 saturated carbocycles. The minimum absolute atomic E-state index is 0.654. The van der Waals surface area contributed by atoms with E-state index in [-0.39, 0.29) is 0 Å². The van der Waals surface area contributed by atoms with Crippen molar-refractivity contribution in [1.29, 1.82) is 5.26 Å². The third-order valence-electron chi connectivity index (χ3n) is 4.11. The highest BCUT2D eigenvalue weighted by atomic mass is 16.5. The Morgan fingerprint density at radius 2 is 1.82 bits per heavy atom. The SMILES string of the molecule is COc1ccc(OC)c(CN2CCN(CCCC#N)CC2)c1. The van der Waals surface area contributed by atoms with Crippen molar-refractivity contribution in [3.63, 3.8) is 0 Å². The van der Waals surface area contributed by atoms with E-state index >= 15 is 0 Å². The van der Waals surface area contributed by atoms with E-state index in [1.165, 1.54) is 5.56 Å². The summed E-state index contributed by atoms with van der Waals surface area (Å²) >= 11 is 0. The molecule has 0 atom stereocenters. The number of hydrogen-bond donors (Lipinski definition) is 0. The molecule has 0 radical (unpaired) electrons. The molecular formula is C17H25N3O2. The Kier molecular flexibility index (Phi) is 6.50. The second kappa shape index (κ2) is 8.62. The molecule has 22 heavy (non-hydrogen) atoms. The summed E-state index contributed by atoms with van der Waals surface area (Å²) in [5.74, 6) is 1.78. The molecule has 1 saturated heterocycles. The van der Waals surface area contributed by atoms with Gasteiger partial charge in [-0.3, -0.25) is 4.90 Å².